The van der Waals surface area contributed by atoms with Crippen LogP contribution in [0.5, 0.6) is 5.75 Å². The van der Waals surface area contributed by atoms with E-state index in [1.165, 1.54) is 4.68 Å². The van der Waals surface area contributed by atoms with E-state index in [0.717, 1.165) is 4.47 Å². The number of fused-ring (bicyclic) bond motifs is 1. The maximum atomic E-state index is 12.9. The first kappa shape index (κ1) is 18.6. The van der Waals surface area contributed by atoms with Gasteiger partial charge >= 0.3 is 0 Å². The third-order valence-corrected chi connectivity index (χ3v) is 4.50. The average molecular weight is 435 g/mol. The van der Waals surface area contributed by atoms with Gasteiger partial charge in [-0.15, -0.1) is 0 Å². The molecule has 0 aliphatic carbocycles. The van der Waals surface area contributed by atoms with E-state index in [4.69, 9.17) is 16.3 Å². The van der Waals surface area contributed by atoms with E-state index >= 15 is 0 Å². The molecular weight excluding hydrogens is 418 g/mol. The molecule has 7 heteroatoms. The second kappa shape index (κ2) is 8.01. The molecule has 0 aliphatic heterocycles. The Morgan fingerprint density at radius 1 is 1.27 bits per heavy atom. The second-order valence-electron chi connectivity index (χ2n) is 5.52. The lowest BCUT2D eigenvalue weighted by molar-refractivity contribution is 0.340. The number of hydrogen-bond donors (Lipinski definition) is 0. The third kappa shape index (κ3) is 3.81. The summed E-state index contributed by atoms with van der Waals surface area (Å²) in [5.41, 5.74) is 1.13. The Morgan fingerprint density at radius 3 is 2.81 bits per heavy atom. The Hall–Kier alpha value is -2.18. The zero-order valence-electron chi connectivity index (χ0n) is 14.4. The summed E-state index contributed by atoms with van der Waals surface area (Å²) in [6.45, 7) is 4.36. The van der Waals surface area contributed by atoms with Crippen molar-refractivity contribution in [1.29, 1.82) is 0 Å². The number of hydrogen-bond acceptors (Lipinski definition) is 4. The van der Waals surface area contributed by atoms with Gasteiger partial charge in [0.25, 0.3) is 5.56 Å². The van der Waals surface area contributed by atoms with E-state index in [1.54, 1.807) is 30.5 Å². The van der Waals surface area contributed by atoms with Crippen LogP contribution in [0.1, 0.15) is 25.2 Å². The molecule has 1 aromatic heterocycles. The molecule has 0 saturated heterocycles. The Labute approximate surface area is 164 Å². The van der Waals surface area contributed by atoms with E-state index in [2.05, 4.69) is 26.0 Å². The lowest BCUT2D eigenvalue weighted by Gasteiger charge is -2.09. The van der Waals surface area contributed by atoms with Crippen LogP contribution in [0.2, 0.25) is 5.02 Å². The summed E-state index contributed by atoms with van der Waals surface area (Å²) >= 11 is 9.47. The highest BCUT2D eigenvalue weighted by atomic mass is 79.9. The van der Waals surface area contributed by atoms with Crippen LogP contribution < -0.4 is 10.3 Å². The highest BCUT2D eigenvalue weighted by molar-refractivity contribution is 9.10. The lowest BCUT2D eigenvalue weighted by Crippen LogP contribution is -2.22. The van der Waals surface area contributed by atoms with Crippen molar-refractivity contribution in [3.05, 3.63) is 67.6 Å². The van der Waals surface area contributed by atoms with Crippen molar-refractivity contribution in [3.8, 4) is 5.75 Å². The molecule has 26 heavy (non-hydrogen) atoms. The van der Waals surface area contributed by atoms with Crippen LogP contribution in [-0.2, 0) is 6.42 Å². The molecule has 5 nitrogen and oxygen atoms in total. The maximum absolute atomic E-state index is 12.9. The molecule has 2 aromatic carbocycles. The van der Waals surface area contributed by atoms with Gasteiger partial charge in [-0.2, -0.15) is 9.78 Å². The number of aromatic nitrogens is 2. The predicted octanol–water partition coefficient (Wildman–Crippen LogP) is 4.66. The van der Waals surface area contributed by atoms with Crippen molar-refractivity contribution in [3.63, 3.8) is 0 Å². The Bertz CT molecular complexity index is 1050. The van der Waals surface area contributed by atoms with E-state index < -0.39 is 0 Å². The topological polar surface area (TPSA) is 56.5 Å². The van der Waals surface area contributed by atoms with Crippen LogP contribution in [-0.4, -0.2) is 22.5 Å². The van der Waals surface area contributed by atoms with Gasteiger partial charge in [0, 0.05) is 21.5 Å². The summed E-state index contributed by atoms with van der Waals surface area (Å²) in [6.07, 6.45) is 2.15. The van der Waals surface area contributed by atoms with Gasteiger partial charge in [-0.1, -0.05) is 34.5 Å². The minimum absolute atomic E-state index is 0.218. The second-order valence-corrected chi connectivity index (χ2v) is 6.87. The molecule has 134 valence electrons. The number of rotatable bonds is 5. The molecule has 0 saturated carbocycles. The third-order valence-electron chi connectivity index (χ3n) is 3.78. The van der Waals surface area contributed by atoms with Gasteiger partial charge in [0.05, 0.1) is 23.7 Å². The number of nitrogens with zero attached hydrogens (tertiary/aromatic N) is 3. The SMILES string of the molecule is CCOc1ccc(Cl)cc1C=Nn1c(CC)nc2ccc(Br)cc2c1=O. The summed E-state index contributed by atoms with van der Waals surface area (Å²) in [6, 6.07) is 10.7. The van der Waals surface area contributed by atoms with Gasteiger partial charge in [0.2, 0.25) is 0 Å². The summed E-state index contributed by atoms with van der Waals surface area (Å²) in [5.74, 6) is 1.24. The summed E-state index contributed by atoms with van der Waals surface area (Å²) in [4.78, 5) is 17.4. The normalized spacial score (nSPS) is 11.4. The van der Waals surface area contributed by atoms with E-state index in [0.29, 0.717) is 46.1 Å². The predicted molar refractivity (Wildman–Crippen MR) is 109 cm³/mol. The molecular formula is C19H17BrClN3O2. The van der Waals surface area contributed by atoms with Crippen molar-refractivity contribution < 1.29 is 4.74 Å². The Balaban J connectivity index is 2.14. The molecule has 0 bridgehead atoms. The van der Waals surface area contributed by atoms with Crippen molar-refractivity contribution in [2.45, 2.75) is 20.3 Å². The standard InChI is InChI=1S/C19H17BrClN3O2/c1-3-18-23-16-7-5-13(20)10-15(16)19(25)24(18)22-11-12-9-14(21)6-8-17(12)26-4-2/h5-11H,3-4H2,1-2H3. The van der Waals surface area contributed by atoms with Crippen LogP contribution in [0.4, 0.5) is 0 Å². The van der Waals surface area contributed by atoms with Crippen LogP contribution in [0.25, 0.3) is 10.9 Å². The van der Waals surface area contributed by atoms with Gasteiger partial charge in [-0.05, 0) is 43.3 Å². The van der Waals surface area contributed by atoms with Crippen molar-refractivity contribution in [2.24, 2.45) is 5.10 Å². The fourth-order valence-electron chi connectivity index (χ4n) is 2.57. The average Bonchev–Trinajstić information content (AvgIpc) is 2.63. The first-order valence-electron chi connectivity index (χ1n) is 8.21. The van der Waals surface area contributed by atoms with Gasteiger partial charge in [-0.25, -0.2) is 4.98 Å². The first-order chi connectivity index (χ1) is 12.5. The lowest BCUT2D eigenvalue weighted by atomic mass is 10.2. The molecule has 3 rings (SSSR count). The van der Waals surface area contributed by atoms with E-state index in [9.17, 15) is 4.79 Å². The highest BCUT2D eigenvalue weighted by Gasteiger charge is 2.10. The number of halogens is 2. The molecule has 0 N–H and O–H groups in total. The van der Waals surface area contributed by atoms with Crippen LogP contribution in [0.15, 0.2) is 50.8 Å². The minimum atomic E-state index is -0.218. The number of aryl methyl sites for hydroxylation is 1. The summed E-state index contributed by atoms with van der Waals surface area (Å²) < 4.78 is 7.74. The Morgan fingerprint density at radius 2 is 2.08 bits per heavy atom. The van der Waals surface area contributed by atoms with Crippen molar-refractivity contribution in [1.82, 2.24) is 9.66 Å². The molecule has 0 unspecified atom stereocenters. The fourth-order valence-corrected chi connectivity index (χ4v) is 3.11. The summed E-state index contributed by atoms with van der Waals surface area (Å²) in [5, 5.41) is 5.45. The van der Waals surface area contributed by atoms with Gasteiger partial charge in [0.15, 0.2) is 0 Å². The zero-order chi connectivity index (χ0) is 18.7. The first-order valence-corrected chi connectivity index (χ1v) is 9.38. The quantitative estimate of drug-likeness (QED) is 0.549. The molecule has 0 fully saturated rings. The van der Waals surface area contributed by atoms with E-state index in [-0.39, 0.29) is 5.56 Å². The monoisotopic (exact) mass is 433 g/mol. The molecule has 1 heterocycles. The number of ether oxygens (including phenoxy) is 1. The van der Waals surface area contributed by atoms with Crippen LogP contribution in [0, 0.1) is 0 Å². The van der Waals surface area contributed by atoms with Crippen molar-refractivity contribution in [2.75, 3.05) is 6.61 Å². The van der Waals surface area contributed by atoms with Crippen LogP contribution in [0.3, 0.4) is 0 Å². The minimum Gasteiger partial charge on any atom is -0.493 e. The van der Waals surface area contributed by atoms with E-state index in [1.807, 2.05) is 26.0 Å². The molecule has 0 aliphatic rings. The smallest absolute Gasteiger partial charge is 0.282 e. The van der Waals surface area contributed by atoms with Gasteiger partial charge in [-0.3, -0.25) is 4.79 Å². The van der Waals surface area contributed by atoms with Crippen LogP contribution >= 0.6 is 27.5 Å². The van der Waals surface area contributed by atoms with Crippen molar-refractivity contribution >= 4 is 44.6 Å². The Kier molecular flexibility index (Phi) is 5.74. The molecule has 0 radical (unpaired) electrons. The van der Waals surface area contributed by atoms with Gasteiger partial charge in [0.1, 0.15) is 11.6 Å². The maximum Gasteiger partial charge on any atom is 0.282 e. The highest BCUT2D eigenvalue weighted by Crippen LogP contribution is 2.22. The number of benzene rings is 2. The van der Waals surface area contributed by atoms with Gasteiger partial charge < -0.3 is 4.74 Å². The zero-order valence-corrected chi connectivity index (χ0v) is 16.7. The molecule has 3 aromatic rings. The fraction of sp³-hybridized carbons (Fsp3) is 0.211. The molecule has 0 spiro atoms. The summed E-state index contributed by atoms with van der Waals surface area (Å²) in [7, 11) is 0. The molecule has 0 amide bonds. The molecule has 0 atom stereocenters. The largest absolute Gasteiger partial charge is 0.493 e.